The average molecular weight is 285 g/mol. The van der Waals surface area contributed by atoms with Crippen molar-refractivity contribution in [1.29, 1.82) is 0 Å². The van der Waals surface area contributed by atoms with E-state index in [1.807, 2.05) is 36.4 Å². The molecule has 0 aliphatic carbocycles. The van der Waals surface area contributed by atoms with Gasteiger partial charge in [-0.2, -0.15) is 0 Å². The Morgan fingerprint density at radius 2 is 1.81 bits per heavy atom. The highest BCUT2D eigenvalue weighted by atomic mass is 16.5. The first-order chi connectivity index (χ1) is 10.3. The maximum absolute atomic E-state index is 9.50. The van der Waals surface area contributed by atoms with E-state index in [9.17, 15) is 5.11 Å². The van der Waals surface area contributed by atoms with Gasteiger partial charge < -0.3 is 15.2 Å². The molecular weight excluding hydrogens is 262 g/mol. The van der Waals surface area contributed by atoms with Crippen molar-refractivity contribution in [3.05, 3.63) is 65.7 Å². The van der Waals surface area contributed by atoms with E-state index in [2.05, 4.69) is 23.5 Å². The summed E-state index contributed by atoms with van der Waals surface area (Å²) in [7, 11) is 1.67. The second-order valence-electron chi connectivity index (χ2n) is 5.14. The molecule has 112 valence electrons. The van der Waals surface area contributed by atoms with Crippen molar-refractivity contribution in [2.45, 2.75) is 25.4 Å². The largest absolute Gasteiger partial charge is 0.497 e. The first-order valence-corrected chi connectivity index (χ1v) is 7.33. The molecule has 0 unspecified atom stereocenters. The normalized spacial score (nSPS) is 12.1. The number of hydrogen-bond donors (Lipinski definition) is 2. The van der Waals surface area contributed by atoms with Gasteiger partial charge in [0.05, 0.1) is 13.7 Å². The number of nitrogens with one attached hydrogen (secondary N) is 1. The van der Waals surface area contributed by atoms with Crippen LogP contribution in [0, 0.1) is 0 Å². The van der Waals surface area contributed by atoms with Gasteiger partial charge in [-0.15, -0.1) is 0 Å². The van der Waals surface area contributed by atoms with Crippen molar-refractivity contribution in [2.24, 2.45) is 0 Å². The van der Waals surface area contributed by atoms with Crippen LogP contribution >= 0.6 is 0 Å². The molecule has 0 aromatic heterocycles. The molecule has 0 heterocycles. The van der Waals surface area contributed by atoms with Crippen LogP contribution in [0.1, 0.15) is 17.5 Å². The van der Waals surface area contributed by atoms with Crippen molar-refractivity contribution in [1.82, 2.24) is 5.32 Å². The van der Waals surface area contributed by atoms with E-state index in [0.29, 0.717) is 0 Å². The number of aliphatic hydroxyl groups excluding tert-OH is 1. The van der Waals surface area contributed by atoms with Crippen LogP contribution in [0.2, 0.25) is 0 Å². The van der Waals surface area contributed by atoms with Gasteiger partial charge >= 0.3 is 0 Å². The van der Waals surface area contributed by atoms with Gasteiger partial charge in [-0.3, -0.25) is 0 Å². The Labute approximate surface area is 126 Å². The summed E-state index contributed by atoms with van der Waals surface area (Å²) in [5.41, 5.74) is 2.46. The van der Waals surface area contributed by atoms with Gasteiger partial charge in [0.1, 0.15) is 5.75 Å². The molecule has 2 N–H and O–H groups in total. The maximum atomic E-state index is 9.50. The summed E-state index contributed by atoms with van der Waals surface area (Å²) in [5.74, 6) is 0.860. The van der Waals surface area contributed by atoms with Gasteiger partial charge in [0.15, 0.2) is 0 Å². The Morgan fingerprint density at radius 3 is 2.52 bits per heavy atom. The zero-order valence-corrected chi connectivity index (χ0v) is 12.5. The number of aryl methyl sites for hydroxylation is 1. The Hall–Kier alpha value is -1.84. The molecule has 0 aliphatic rings. The summed E-state index contributed by atoms with van der Waals surface area (Å²) in [5, 5.41) is 12.9. The summed E-state index contributed by atoms with van der Waals surface area (Å²) in [6.45, 7) is 0.883. The highest BCUT2D eigenvalue weighted by Gasteiger charge is 2.07. The second kappa shape index (κ2) is 8.45. The Balaban J connectivity index is 1.81. The van der Waals surface area contributed by atoms with Crippen LogP contribution in [-0.4, -0.2) is 24.9 Å². The van der Waals surface area contributed by atoms with E-state index in [-0.39, 0.29) is 12.6 Å². The summed E-state index contributed by atoms with van der Waals surface area (Å²) in [4.78, 5) is 0. The van der Waals surface area contributed by atoms with Gasteiger partial charge in [0, 0.05) is 12.6 Å². The molecular formula is C18H23NO2. The predicted molar refractivity (Wildman–Crippen MR) is 85.5 cm³/mol. The molecule has 2 aromatic carbocycles. The fourth-order valence-corrected chi connectivity index (χ4v) is 2.29. The maximum Gasteiger partial charge on any atom is 0.119 e. The van der Waals surface area contributed by atoms with Gasteiger partial charge in [0.2, 0.25) is 0 Å². The van der Waals surface area contributed by atoms with Crippen LogP contribution in [-0.2, 0) is 13.0 Å². The SMILES string of the molecule is COc1cccc(CN[C@H](CO)CCc2ccccc2)c1. The van der Waals surface area contributed by atoms with Crippen LogP contribution in [0.15, 0.2) is 54.6 Å². The Kier molecular flexibility index (Phi) is 6.25. The zero-order valence-electron chi connectivity index (χ0n) is 12.5. The Morgan fingerprint density at radius 1 is 1.05 bits per heavy atom. The smallest absolute Gasteiger partial charge is 0.119 e. The minimum Gasteiger partial charge on any atom is -0.497 e. The number of aliphatic hydroxyl groups is 1. The molecule has 0 saturated carbocycles. The first-order valence-electron chi connectivity index (χ1n) is 7.33. The molecule has 0 spiro atoms. The molecule has 0 aliphatic heterocycles. The van der Waals surface area contributed by atoms with Crippen LogP contribution in [0.3, 0.4) is 0 Å². The summed E-state index contributed by atoms with van der Waals surface area (Å²) in [6.07, 6.45) is 1.89. The number of methoxy groups -OCH3 is 1. The fourth-order valence-electron chi connectivity index (χ4n) is 2.29. The lowest BCUT2D eigenvalue weighted by Crippen LogP contribution is -2.32. The Bertz CT molecular complexity index is 528. The topological polar surface area (TPSA) is 41.5 Å². The van der Waals surface area contributed by atoms with Crippen molar-refractivity contribution in [3.8, 4) is 5.75 Å². The standard InChI is InChI=1S/C18H23NO2/c1-21-18-9-5-8-16(12-18)13-19-17(14-20)11-10-15-6-3-2-4-7-15/h2-9,12,17,19-20H,10-11,13-14H2,1H3/t17-/m0/s1. The molecule has 2 rings (SSSR count). The minimum atomic E-state index is 0.108. The molecule has 0 fully saturated rings. The fraction of sp³-hybridized carbons (Fsp3) is 0.333. The highest BCUT2D eigenvalue weighted by molar-refractivity contribution is 5.28. The third-order valence-electron chi connectivity index (χ3n) is 3.57. The highest BCUT2D eigenvalue weighted by Crippen LogP contribution is 2.13. The van der Waals surface area contributed by atoms with E-state index in [1.165, 1.54) is 5.56 Å². The molecule has 3 heteroatoms. The van der Waals surface area contributed by atoms with Gasteiger partial charge in [-0.25, -0.2) is 0 Å². The van der Waals surface area contributed by atoms with E-state index >= 15 is 0 Å². The molecule has 1 atom stereocenters. The van der Waals surface area contributed by atoms with E-state index < -0.39 is 0 Å². The van der Waals surface area contributed by atoms with E-state index in [0.717, 1.165) is 30.7 Å². The predicted octanol–water partition coefficient (Wildman–Crippen LogP) is 2.78. The molecule has 0 bridgehead atoms. The zero-order chi connectivity index (χ0) is 14.9. The summed E-state index contributed by atoms with van der Waals surface area (Å²) in [6, 6.07) is 18.5. The van der Waals surface area contributed by atoms with E-state index in [1.54, 1.807) is 7.11 Å². The van der Waals surface area contributed by atoms with Crippen molar-refractivity contribution < 1.29 is 9.84 Å². The molecule has 0 radical (unpaired) electrons. The lowest BCUT2D eigenvalue weighted by atomic mass is 10.1. The average Bonchev–Trinajstić information content (AvgIpc) is 2.56. The molecule has 0 amide bonds. The first kappa shape index (κ1) is 15.5. The second-order valence-corrected chi connectivity index (χ2v) is 5.14. The monoisotopic (exact) mass is 285 g/mol. The lowest BCUT2D eigenvalue weighted by Gasteiger charge is -2.16. The van der Waals surface area contributed by atoms with Gasteiger partial charge in [-0.1, -0.05) is 42.5 Å². The van der Waals surface area contributed by atoms with Gasteiger partial charge in [0.25, 0.3) is 0 Å². The van der Waals surface area contributed by atoms with Crippen molar-refractivity contribution in [2.75, 3.05) is 13.7 Å². The van der Waals surface area contributed by atoms with E-state index in [4.69, 9.17) is 4.74 Å². The number of ether oxygens (including phenoxy) is 1. The quantitative estimate of drug-likeness (QED) is 0.783. The lowest BCUT2D eigenvalue weighted by molar-refractivity contribution is 0.235. The molecule has 3 nitrogen and oxygen atoms in total. The molecule has 21 heavy (non-hydrogen) atoms. The van der Waals surface area contributed by atoms with Crippen LogP contribution in [0.5, 0.6) is 5.75 Å². The number of hydrogen-bond acceptors (Lipinski definition) is 3. The van der Waals surface area contributed by atoms with Gasteiger partial charge in [-0.05, 0) is 36.1 Å². The third kappa shape index (κ3) is 5.21. The van der Waals surface area contributed by atoms with Crippen molar-refractivity contribution >= 4 is 0 Å². The summed E-state index contributed by atoms with van der Waals surface area (Å²) >= 11 is 0. The van der Waals surface area contributed by atoms with Crippen LogP contribution in [0.4, 0.5) is 0 Å². The minimum absolute atomic E-state index is 0.108. The number of benzene rings is 2. The molecule has 0 saturated heterocycles. The summed E-state index contributed by atoms with van der Waals surface area (Å²) < 4.78 is 5.22. The number of rotatable bonds is 8. The van der Waals surface area contributed by atoms with Crippen LogP contribution < -0.4 is 10.1 Å². The molecule has 2 aromatic rings. The van der Waals surface area contributed by atoms with Crippen LogP contribution in [0.25, 0.3) is 0 Å². The third-order valence-corrected chi connectivity index (χ3v) is 3.57. The van der Waals surface area contributed by atoms with Crippen molar-refractivity contribution in [3.63, 3.8) is 0 Å².